The standard InChI is InChI=1S/C14H19N3O2/c1-14(2,19)12(8-3-4-8)17-7-10-11(13(17)18)9(15)5-6-16-10/h5-6,8,12,19H,3-4,7H2,1-2H3,(H2,15,16)/t12-/m1/s1. The fourth-order valence-electron chi connectivity index (χ4n) is 3.11. The number of fused-ring (bicyclic) bond motifs is 1. The highest BCUT2D eigenvalue weighted by atomic mass is 16.3. The molecule has 102 valence electrons. The maximum atomic E-state index is 12.5. The van der Waals surface area contributed by atoms with Crippen molar-refractivity contribution in [2.24, 2.45) is 5.92 Å². The number of aliphatic hydroxyl groups is 1. The van der Waals surface area contributed by atoms with Crippen molar-refractivity contribution in [3.8, 4) is 0 Å². The van der Waals surface area contributed by atoms with Crippen molar-refractivity contribution in [3.63, 3.8) is 0 Å². The van der Waals surface area contributed by atoms with E-state index in [0.29, 0.717) is 23.7 Å². The van der Waals surface area contributed by atoms with Crippen LogP contribution in [0.2, 0.25) is 0 Å². The fraction of sp³-hybridized carbons (Fsp3) is 0.571. The molecule has 1 fully saturated rings. The van der Waals surface area contributed by atoms with E-state index in [1.165, 1.54) is 0 Å². The van der Waals surface area contributed by atoms with E-state index in [1.54, 1.807) is 31.0 Å². The first kappa shape index (κ1) is 12.4. The molecule has 0 unspecified atom stereocenters. The van der Waals surface area contributed by atoms with Crippen LogP contribution >= 0.6 is 0 Å². The molecule has 1 aromatic rings. The highest BCUT2D eigenvalue weighted by Gasteiger charge is 2.48. The zero-order valence-electron chi connectivity index (χ0n) is 11.3. The van der Waals surface area contributed by atoms with Gasteiger partial charge < -0.3 is 15.7 Å². The van der Waals surface area contributed by atoms with Crippen molar-refractivity contribution in [2.45, 2.75) is 44.9 Å². The van der Waals surface area contributed by atoms with Gasteiger partial charge in [0.05, 0.1) is 29.4 Å². The Labute approximate surface area is 112 Å². The molecule has 1 aliphatic carbocycles. The smallest absolute Gasteiger partial charge is 0.258 e. The van der Waals surface area contributed by atoms with Crippen molar-refractivity contribution in [2.75, 3.05) is 5.73 Å². The molecule has 1 aliphatic heterocycles. The van der Waals surface area contributed by atoms with Gasteiger partial charge in [0.2, 0.25) is 0 Å². The molecule has 2 aliphatic rings. The first-order valence-electron chi connectivity index (χ1n) is 6.66. The van der Waals surface area contributed by atoms with Crippen LogP contribution in [0, 0.1) is 5.92 Å². The molecule has 0 aromatic carbocycles. The van der Waals surface area contributed by atoms with Crippen LogP contribution in [0.3, 0.4) is 0 Å². The number of aromatic nitrogens is 1. The van der Waals surface area contributed by atoms with Crippen molar-refractivity contribution >= 4 is 11.6 Å². The molecular formula is C14H19N3O2. The number of pyridine rings is 1. The number of nitrogens with two attached hydrogens (primary N) is 1. The lowest BCUT2D eigenvalue weighted by molar-refractivity contribution is -0.0225. The SMILES string of the molecule is CC(C)(O)[C@@H](C1CC1)N1Cc2nccc(N)c2C1=O. The quantitative estimate of drug-likeness (QED) is 0.856. The van der Waals surface area contributed by atoms with Gasteiger partial charge in [-0.2, -0.15) is 0 Å². The van der Waals surface area contributed by atoms with Gasteiger partial charge in [-0.1, -0.05) is 0 Å². The zero-order valence-corrected chi connectivity index (χ0v) is 11.3. The topological polar surface area (TPSA) is 79.4 Å². The van der Waals surface area contributed by atoms with Crippen molar-refractivity contribution in [3.05, 3.63) is 23.5 Å². The summed E-state index contributed by atoms with van der Waals surface area (Å²) < 4.78 is 0. The number of nitrogen functional groups attached to an aromatic ring is 1. The van der Waals surface area contributed by atoms with Gasteiger partial charge in [-0.05, 0) is 38.7 Å². The second kappa shape index (κ2) is 3.93. The van der Waals surface area contributed by atoms with E-state index >= 15 is 0 Å². The van der Waals surface area contributed by atoms with Gasteiger partial charge in [-0.3, -0.25) is 9.78 Å². The normalized spacial score (nSPS) is 20.6. The van der Waals surface area contributed by atoms with Crippen LogP contribution in [0.25, 0.3) is 0 Å². The van der Waals surface area contributed by atoms with Crippen LogP contribution in [-0.2, 0) is 6.54 Å². The summed E-state index contributed by atoms with van der Waals surface area (Å²) >= 11 is 0. The van der Waals surface area contributed by atoms with Crippen LogP contribution in [0.4, 0.5) is 5.69 Å². The van der Waals surface area contributed by atoms with E-state index in [9.17, 15) is 9.90 Å². The summed E-state index contributed by atoms with van der Waals surface area (Å²) in [5.41, 5.74) is 6.67. The molecule has 1 amide bonds. The Morgan fingerprint density at radius 1 is 1.53 bits per heavy atom. The van der Waals surface area contributed by atoms with E-state index in [1.807, 2.05) is 0 Å². The van der Waals surface area contributed by atoms with E-state index in [-0.39, 0.29) is 11.9 Å². The molecule has 3 N–H and O–H groups in total. The van der Waals surface area contributed by atoms with Gasteiger partial charge in [-0.15, -0.1) is 0 Å². The van der Waals surface area contributed by atoms with E-state index in [4.69, 9.17) is 5.73 Å². The third kappa shape index (κ3) is 1.98. The minimum Gasteiger partial charge on any atom is -0.398 e. The molecule has 0 radical (unpaired) electrons. The van der Waals surface area contributed by atoms with Crippen LogP contribution in [-0.4, -0.2) is 32.5 Å². The first-order valence-corrected chi connectivity index (χ1v) is 6.66. The summed E-state index contributed by atoms with van der Waals surface area (Å²) in [7, 11) is 0. The molecule has 0 bridgehead atoms. The zero-order chi connectivity index (χ0) is 13.8. The lowest BCUT2D eigenvalue weighted by Gasteiger charge is -2.37. The number of hydrogen-bond acceptors (Lipinski definition) is 4. The van der Waals surface area contributed by atoms with Gasteiger partial charge in [0.1, 0.15) is 0 Å². The van der Waals surface area contributed by atoms with Crippen LogP contribution < -0.4 is 5.73 Å². The minimum absolute atomic E-state index is 0.0976. The molecular weight excluding hydrogens is 242 g/mol. The average molecular weight is 261 g/mol. The minimum atomic E-state index is -0.909. The predicted octanol–water partition coefficient (Wildman–Crippen LogP) is 1.17. The Balaban J connectivity index is 1.97. The summed E-state index contributed by atoms with van der Waals surface area (Å²) in [6.45, 7) is 3.98. The van der Waals surface area contributed by atoms with E-state index < -0.39 is 5.60 Å². The summed E-state index contributed by atoms with van der Waals surface area (Å²) in [5, 5.41) is 10.4. The lowest BCUT2D eigenvalue weighted by atomic mass is 9.93. The molecule has 1 atom stereocenters. The monoisotopic (exact) mass is 261 g/mol. The Bertz CT molecular complexity index is 532. The highest BCUT2D eigenvalue weighted by molar-refractivity contribution is 6.02. The van der Waals surface area contributed by atoms with E-state index in [0.717, 1.165) is 18.5 Å². The number of hydrogen-bond donors (Lipinski definition) is 2. The molecule has 19 heavy (non-hydrogen) atoms. The Kier molecular flexibility index (Phi) is 2.57. The van der Waals surface area contributed by atoms with Crippen molar-refractivity contribution in [1.29, 1.82) is 0 Å². The first-order chi connectivity index (χ1) is 8.89. The van der Waals surface area contributed by atoms with Crippen molar-refractivity contribution in [1.82, 2.24) is 9.88 Å². The molecule has 1 aromatic heterocycles. The molecule has 5 nitrogen and oxygen atoms in total. The van der Waals surface area contributed by atoms with E-state index in [2.05, 4.69) is 4.98 Å². The Morgan fingerprint density at radius 2 is 2.21 bits per heavy atom. The second-order valence-electron chi connectivity index (χ2n) is 6.09. The molecule has 2 heterocycles. The summed E-state index contributed by atoms with van der Waals surface area (Å²) in [6.07, 6.45) is 3.76. The molecule has 0 spiro atoms. The van der Waals surface area contributed by atoms with Gasteiger partial charge >= 0.3 is 0 Å². The van der Waals surface area contributed by atoms with Crippen LogP contribution in [0.5, 0.6) is 0 Å². The number of amides is 1. The maximum absolute atomic E-state index is 12.5. The third-order valence-corrected chi connectivity index (χ3v) is 3.98. The van der Waals surface area contributed by atoms with Gasteiger partial charge in [0.25, 0.3) is 5.91 Å². The maximum Gasteiger partial charge on any atom is 0.258 e. The number of rotatable bonds is 3. The lowest BCUT2D eigenvalue weighted by Crippen LogP contribution is -2.51. The van der Waals surface area contributed by atoms with Gasteiger partial charge in [-0.25, -0.2) is 0 Å². The Morgan fingerprint density at radius 3 is 2.74 bits per heavy atom. The largest absolute Gasteiger partial charge is 0.398 e. The molecule has 3 rings (SSSR count). The number of carbonyl (C=O) groups excluding carboxylic acids is 1. The molecule has 5 heteroatoms. The third-order valence-electron chi connectivity index (χ3n) is 3.98. The fourth-order valence-corrected chi connectivity index (χ4v) is 3.11. The number of carbonyl (C=O) groups is 1. The van der Waals surface area contributed by atoms with Crippen molar-refractivity contribution < 1.29 is 9.90 Å². The molecule has 1 saturated carbocycles. The summed E-state index contributed by atoms with van der Waals surface area (Å²) in [6, 6.07) is 1.49. The van der Waals surface area contributed by atoms with Gasteiger partial charge in [0.15, 0.2) is 0 Å². The van der Waals surface area contributed by atoms with Crippen LogP contribution in [0.1, 0.15) is 42.7 Å². The second-order valence-corrected chi connectivity index (χ2v) is 6.09. The Hall–Kier alpha value is -1.62. The average Bonchev–Trinajstić information content (AvgIpc) is 3.04. The highest BCUT2D eigenvalue weighted by Crippen LogP contribution is 2.43. The van der Waals surface area contributed by atoms with Crippen LogP contribution in [0.15, 0.2) is 12.3 Å². The summed E-state index contributed by atoms with van der Waals surface area (Å²) in [4.78, 5) is 18.5. The predicted molar refractivity (Wildman–Crippen MR) is 71.3 cm³/mol. The number of nitrogens with zero attached hydrogens (tertiary/aromatic N) is 2. The summed E-state index contributed by atoms with van der Waals surface area (Å²) in [5.74, 6) is 0.291. The van der Waals surface area contributed by atoms with Gasteiger partial charge in [0, 0.05) is 11.9 Å². The molecule has 0 saturated heterocycles. The number of anilines is 1.